The lowest BCUT2D eigenvalue weighted by atomic mass is 9.94. The van der Waals surface area contributed by atoms with Gasteiger partial charge in [-0.25, -0.2) is 0 Å². The van der Waals surface area contributed by atoms with Crippen molar-refractivity contribution >= 4 is 21.9 Å². The summed E-state index contributed by atoms with van der Waals surface area (Å²) in [5.41, 5.74) is 0.771. The molecule has 0 heterocycles. The molecule has 0 atom stereocenters. The molecule has 0 aliphatic heterocycles. The second-order valence-corrected chi connectivity index (χ2v) is 4.80. The van der Waals surface area contributed by atoms with Crippen molar-refractivity contribution in [1.29, 1.82) is 0 Å². The van der Waals surface area contributed by atoms with Crippen LogP contribution in [-0.2, 0) is 10.2 Å². The maximum absolute atomic E-state index is 11.2. The molecule has 2 rings (SSSR count). The lowest BCUT2D eigenvalue weighted by molar-refractivity contribution is -0.140. The van der Waals surface area contributed by atoms with Crippen LogP contribution in [0.4, 0.5) is 0 Å². The molecule has 1 aromatic rings. The lowest BCUT2D eigenvalue weighted by Gasteiger charge is -2.14. The summed E-state index contributed by atoms with van der Waals surface area (Å²) in [7, 11) is 0. The van der Waals surface area contributed by atoms with Crippen molar-refractivity contribution in [2.24, 2.45) is 0 Å². The van der Waals surface area contributed by atoms with Crippen LogP contribution in [-0.4, -0.2) is 16.2 Å². The molecule has 2 N–H and O–H groups in total. The van der Waals surface area contributed by atoms with Gasteiger partial charge in [-0.3, -0.25) is 4.79 Å². The Morgan fingerprint density at radius 2 is 2.07 bits per heavy atom. The largest absolute Gasteiger partial charge is 0.508 e. The molecular formula is C11H11BrO3. The molecule has 0 bridgehead atoms. The first-order valence-electron chi connectivity index (χ1n) is 4.70. The van der Waals surface area contributed by atoms with E-state index in [9.17, 15) is 9.90 Å². The van der Waals surface area contributed by atoms with E-state index in [0.717, 1.165) is 10.0 Å². The van der Waals surface area contributed by atoms with Gasteiger partial charge < -0.3 is 10.2 Å². The van der Waals surface area contributed by atoms with Crippen molar-refractivity contribution in [2.45, 2.75) is 25.2 Å². The number of rotatable bonds is 2. The first kappa shape index (κ1) is 10.5. The van der Waals surface area contributed by atoms with Crippen LogP contribution >= 0.6 is 15.9 Å². The van der Waals surface area contributed by atoms with Crippen molar-refractivity contribution < 1.29 is 15.0 Å². The molecule has 0 amide bonds. The summed E-state index contributed by atoms with van der Waals surface area (Å²) in [6.45, 7) is 1.84. The van der Waals surface area contributed by atoms with E-state index < -0.39 is 11.4 Å². The highest BCUT2D eigenvalue weighted by atomic mass is 79.9. The van der Waals surface area contributed by atoms with Crippen LogP contribution in [0.2, 0.25) is 0 Å². The van der Waals surface area contributed by atoms with Crippen molar-refractivity contribution in [3.8, 4) is 5.75 Å². The molecule has 1 fully saturated rings. The predicted octanol–water partition coefficient (Wildman–Crippen LogP) is 2.58. The third-order valence-electron chi connectivity index (χ3n) is 2.91. The predicted molar refractivity (Wildman–Crippen MR) is 59.1 cm³/mol. The van der Waals surface area contributed by atoms with Gasteiger partial charge in [0, 0.05) is 4.47 Å². The molecule has 0 spiro atoms. The van der Waals surface area contributed by atoms with Gasteiger partial charge in [-0.05, 0) is 43.0 Å². The van der Waals surface area contributed by atoms with E-state index in [-0.39, 0.29) is 5.75 Å². The maximum Gasteiger partial charge on any atom is 0.314 e. The van der Waals surface area contributed by atoms with Gasteiger partial charge in [0.25, 0.3) is 0 Å². The molecule has 0 aromatic heterocycles. The Balaban J connectivity index is 2.58. The lowest BCUT2D eigenvalue weighted by Crippen LogP contribution is -2.20. The average Bonchev–Trinajstić information content (AvgIpc) is 2.91. The molecule has 1 aromatic carbocycles. The second-order valence-electron chi connectivity index (χ2n) is 4.01. The van der Waals surface area contributed by atoms with Gasteiger partial charge in [0.15, 0.2) is 0 Å². The number of phenols is 1. The van der Waals surface area contributed by atoms with Crippen LogP contribution in [0.5, 0.6) is 5.75 Å². The molecule has 0 saturated heterocycles. The molecule has 3 nitrogen and oxygen atoms in total. The number of benzene rings is 1. The van der Waals surface area contributed by atoms with Crippen LogP contribution in [0.3, 0.4) is 0 Å². The van der Waals surface area contributed by atoms with Crippen molar-refractivity contribution in [1.82, 2.24) is 0 Å². The van der Waals surface area contributed by atoms with E-state index in [2.05, 4.69) is 15.9 Å². The highest BCUT2D eigenvalue weighted by Crippen LogP contribution is 2.52. The summed E-state index contributed by atoms with van der Waals surface area (Å²) in [6, 6.07) is 3.16. The summed E-state index contributed by atoms with van der Waals surface area (Å²) in [4.78, 5) is 11.2. The molecule has 4 heteroatoms. The van der Waals surface area contributed by atoms with E-state index in [0.29, 0.717) is 18.4 Å². The Bertz CT molecular complexity index is 436. The standard InChI is InChI=1S/C11H11BrO3/c1-6-4-7(13)5-8(9(6)12)11(2-3-11)10(14)15/h4-5,13H,2-3H2,1H3,(H,14,15). The van der Waals surface area contributed by atoms with E-state index in [1.807, 2.05) is 6.92 Å². The van der Waals surface area contributed by atoms with Gasteiger partial charge in [-0.2, -0.15) is 0 Å². The number of halogens is 1. The zero-order valence-electron chi connectivity index (χ0n) is 8.25. The number of phenolic OH excluding ortho intramolecular Hbond substituents is 1. The first-order valence-corrected chi connectivity index (χ1v) is 5.50. The molecule has 0 unspecified atom stereocenters. The van der Waals surface area contributed by atoms with Gasteiger partial charge in [-0.15, -0.1) is 0 Å². The Hall–Kier alpha value is -1.03. The molecule has 80 valence electrons. The maximum atomic E-state index is 11.2. The van der Waals surface area contributed by atoms with E-state index in [4.69, 9.17) is 5.11 Å². The van der Waals surface area contributed by atoms with E-state index in [1.165, 1.54) is 6.07 Å². The minimum absolute atomic E-state index is 0.123. The van der Waals surface area contributed by atoms with E-state index in [1.54, 1.807) is 6.07 Å². The number of carboxylic acid groups (broad SMARTS) is 1. The quantitative estimate of drug-likeness (QED) is 0.869. The number of hydrogen-bond acceptors (Lipinski definition) is 2. The molecule has 15 heavy (non-hydrogen) atoms. The fourth-order valence-electron chi connectivity index (χ4n) is 1.82. The second kappa shape index (κ2) is 3.23. The van der Waals surface area contributed by atoms with E-state index >= 15 is 0 Å². The monoisotopic (exact) mass is 270 g/mol. The smallest absolute Gasteiger partial charge is 0.314 e. The van der Waals surface area contributed by atoms with Gasteiger partial charge in [0.1, 0.15) is 5.75 Å². The topological polar surface area (TPSA) is 57.5 Å². The molecule has 1 aliphatic carbocycles. The van der Waals surface area contributed by atoms with Crippen molar-refractivity contribution in [3.05, 3.63) is 27.7 Å². The zero-order chi connectivity index (χ0) is 11.2. The Kier molecular flexibility index (Phi) is 2.26. The van der Waals surface area contributed by atoms with Gasteiger partial charge in [0.2, 0.25) is 0 Å². The average molecular weight is 271 g/mol. The van der Waals surface area contributed by atoms with Crippen molar-refractivity contribution in [3.63, 3.8) is 0 Å². The minimum atomic E-state index is -0.812. The van der Waals surface area contributed by atoms with Crippen LogP contribution < -0.4 is 0 Å². The van der Waals surface area contributed by atoms with Gasteiger partial charge in [0.05, 0.1) is 5.41 Å². The Morgan fingerprint density at radius 3 is 2.53 bits per heavy atom. The number of hydrogen-bond donors (Lipinski definition) is 2. The SMILES string of the molecule is Cc1cc(O)cc(C2(C(=O)O)CC2)c1Br. The molecular weight excluding hydrogens is 260 g/mol. The number of carboxylic acids is 1. The number of carbonyl (C=O) groups is 1. The number of aromatic hydroxyl groups is 1. The highest BCUT2D eigenvalue weighted by molar-refractivity contribution is 9.10. The van der Waals surface area contributed by atoms with Crippen LogP contribution in [0, 0.1) is 6.92 Å². The molecule has 1 saturated carbocycles. The van der Waals surface area contributed by atoms with Gasteiger partial charge in [-0.1, -0.05) is 15.9 Å². The minimum Gasteiger partial charge on any atom is -0.508 e. The fraction of sp³-hybridized carbons (Fsp3) is 0.364. The Morgan fingerprint density at radius 1 is 1.47 bits per heavy atom. The van der Waals surface area contributed by atoms with Gasteiger partial charge >= 0.3 is 5.97 Å². The summed E-state index contributed by atoms with van der Waals surface area (Å²) >= 11 is 3.38. The third kappa shape index (κ3) is 1.53. The van der Waals surface area contributed by atoms with Crippen LogP contribution in [0.1, 0.15) is 24.0 Å². The normalized spacial score (nSPS) is 17.5. The summed E-state index contributed by atoms with van der Waals surface area (Å²) in [5.74, 6) is -0.688. The third-order valence-corrected chi connectivity index (χ3v) is 3.97. The van der Waals surface area contributed by atoms with Crippen LogP contribution in [0.25, 0.3) is 0 Å². The first-order chi connectivity index (χ1) is 6.97. The zero-order valence-corrected chi connectivity index (χ0v) is 9.84. The van der Waals surface area contributed by atoms with Crippen LogP contribution in [0.15, 0.2) is 16.6 Å². The highest BCUT2D eigenvalue weighted by Gasteiger charge is 2.53. The molecule has 1 aliphatic rings. The summed E-state index contributed by atoms with van der Waals surface area (Å²) in [5, 5.41) is 18.6. The number of aliphatic carboxylic acids is 1. The summed E-state index contributed by atoms with van der Waals surface area (Å²) in [6.07, 6.45) is 1.29. The number of aryl methyl sites for hydroxylation is 1. The molecule has 0 radical (unpaired) electrons. The fourth-order valence-corrected chi connectivity index (χ4v) is 2.43. The van der Waals surface area contributed by atoms with Crippen molar-refractivity contribution in [2.75, 3.05) is 0 Å². The Labute approximate surface area is 95.9 Å². The summed E-state index contributed by atoms with van der Waals surface area (Å²) < 4.78 is 0.792.